The van der Waals surface area contributed by atoms with E-state index in [9.17, 15) is 4.79 Å². The molecule has 0 aromatic heterocycles. The zero-order valence-electron chi connectivity index (χ0n) is 12.6. The van der Waals surface area contributed by atoms with Crippen molar-refractivity contribution < 1.29 is 9.53 Å². The van der Waals surface area contributed by atoms with E-state index < -0.39 is 5.60 Å². The number of hydrogen-bond acceptors (Lipinski definition) is 4. The van der Waals surface area contributed by atoms with Crippen molar-refractivity contribution in [2.45, 2.75) is 45.6 Å². The van der Waals surface area contributed by atoms with Gasteiger partial charge in [0.2, 0.25) is 0 Å². The molecular formula is C14H26N2O2S. The summed E-state index contributed by atoms with van der Waals surface area (Å²) >= 11 is 1.83. The van der Waals surface area contributed by atoms with Crippen LogP contribution in [0.15, 0.2) is 0 Å². The predicted molar refractivity (Wildman–Crippen MR) is 79.2 cm³/mol. The van der Waals surface area contributed by atoms with E-state index in [4.69, 9.17) is 4.74 Å². The third-order valence-electron chi connectivity index (χ3n) is 4.13. The molecule has 1 spiro atoms. The molecule has 0 N–H and O–H groups in total. The lowest BCUT2D eigenvalue weighted by molar-refractivity contribution is 0.0259. The number of amides is 1. The minimum absolute atomic E-state index is 0.142. The van der Waals surface area contributed by atoms with Gasteiger partial charge >= 0.3 is 6.09 Å². The Kier molecular flexibility index (Phi) is 4.35. The highest BCUT2D eigenvalue weighted by atomic mass is 32.2. The van der Waals surface area contributed by atoms with Gasteiger partial charge in [0.15, 0.2) is 0 Å². The van der Waals surface area contributed by atoms with E-state index in [0.717, 1.165) is 32.6 Å². The Morgan fingerprint density at radius 2 is 1.74 bits per heavy atom. The lowest BCUT2D eigenvalue weighted by atomic mass is 9.78. The fourth-order valence-electron chi connectivity index (χ4n) is 2.97. The van der Waals surface area contributed by atoms with Crippen molar-refractivity contribution >= 4 is 18.0 Å². The smallest absolute Gasteiger partial charge is 0.410 e. The summed E-state index contributed by atoms with van der Waals surface area (Å²) in [5, 5.41) is 0. The van der Waals surface area contributed by atoms with Gasteiger partial charge in [0.05, 0.1) is 0 Å². The second-order valence-corrected chi connectivity index (χ2v) is 7.65. The summed E-state index contributed by atoms with van der Waals surface area (Å²) < 4.78 is 7.89. The van der Waals surface area contributed by atoms with Crippen LogP contribution in [0.2, 0.25) is 0 Å². The van der Waals surface area contributed by atoms with Gasteiger partial charge < -0.3 is 9.64 Å². The van der Waals surface area contributed by atoms with Crippen LogP contribution < -0.4 is 0 Å². The second-order valence-electron chi connectivity index (χ2n) is 6.76. The molecule has 2 aliphatic heterocycles. The standard InChI is InChI=1S/C14H26N2O2S/c1-13(2,3)18-12(17)15-8-5-14(11-15)6-9-16(19-4)10-7-14/h5-11H2,1-4H3. The average Bonchev–Trinajstić information content (AvgIpc) is 2.73. The Morgan fingerprint density at radius 1 is 1.16 bits per heavy atom. The van der Waals surface area contributed by atoms with Crippen molar-refractivity contribution in [1.29, 1.82) is 0 Å². The number of carbonyl (C=O) groups is 1. The fraction of sp³-hybridized carbons (Fsp3) is 0.929. The van der Waals surface area contributed by atoms with E-state index in [-0.39, 0.29) is 6.09 Å². The molecule has 0 saturated carbocycles. The van der Waals surface area contributed by atoms with Crippen molar-refractivity contribution in [3.63, 3.8) is 0 Å². The monoisotopic (exact) mass is 286 g/mol. The molecule has 0 aliphatic carbocycles. The molecule has 0 atom stereocenters. The second kappa shape index (κ2) is 5.52. The molecule has 0 aromatic carbocycles. The van der Waals surface area contributed by atoms with Crippen LogP contribution in [0.3, 0.4) is 0 Å². The first-order chi connectivity index (χ1) is 8.84. The summed E-state index contributed by atoms with van der Waals surface area (Å²) in [6, 6.07) is 0. The Balaban J connectivity index is 1.88. The maximum absolute atomic E-state index is 12.1. The van der Waals surface area contributed by atoms with Gasteiger partial charge in [-0.3, -0.25) is 4.31 Å². The molecule has 0 aromatic rings. The van der Waals surface area contributed by atoms with Crippen molar-refractivity contribution in [3.8, 4) is 0 Å². The molecule has 2 fully saturated rings. The zero-order chi connectivity index (χ0) is 14.1. The highest BCUT2D eigenvalue weighted by Crippen LogP contribution is 2.41. The van der Waals surface area contributed by atoms with Crippen LogP contribution in [0.25, 0.3) is 0 Å². The van der Waals surface area contributed by atoms with Crippen LogP contribution in [-0.2, 0) is 4.74 Å². The van der Waals surface area contributed by atoms with E-state index in [1.54, 1.807) is 0 Å². The predicted octanol–water partition coefficient (Wildman–Crippen LogP) is 2.99. The molecule has 0 radical (unpaired) electrons. The third kappa shape index (κ3) is 3.78. The maximum atomic E-state index is 12.1. The molecule has 2 heterocycles. The Hall–Kier alpha value is -0.420. The molecule has 5 heteroatoms. The maximum Gasteiger partial charge on any atom is 0.410 e. The zero-order valence-corrected chi connectivity index (χ0v) is 13.4. The van der Waals surface area contributed by atoms with E-state index in [2.05, 4.69) is 10.6 Å². The Bertz CT molecular complexity index is 333. The first-order valence-corrected chi connectivity index (χ1v) is 8.29. The number of rotatable bonds is 1. The molecule has 2 rings (SSSR count). The van der Waals surface area contributed by atoms with Gasteiger partial charge in [0, 0.05) is 26.2 Å². The molecular weight excluding hydrogens is 260 g/mol. The normalized spacial score (nSPS) is 23.9. The molecule has 19 heavy (non-hydrogen) atoms. The van der Waals surface area contributed by atoms with Crippen LogP contribution in [0, 0.1) is 5.41 Å². The van der Waals surface area contributed by atoms with Gasteiger partial charge in [-0.25, -0.2) is 4.79 Å². The van der Waals surface area contributed by atoms with Gasteiger partial charge in [-0.05, 0) is 51.7 Å². The molecule has 4 nitrogen and oxygen atoms in total. The summed E-state index contributed by atoms with van der Waals surface area (Å²) in [5.74, 6) is 0. The summed E-state index contributed by atoms with van der Waals surface area (Å²) in [6.45, 7) is 9.79. The molecule has 2 aliphatic rings. The average molecular weight is 286 g/mol. The molecule has 0 bridgehead atoms. The van der Waals surface area contributed by atoms with Gasteiger partial charge in [-0.2, -0.15) is 0 Å². The largest absolute Gasteiger partial charge is 0.444 e. The fourth-order valence-corrected chi connectivity index (χ4v) is 3.52. The Labute approximate surface area is 121 Å². The van der Waals surface area contributed by atoms with Crippen LogP contribution in [0.5, 0.6) is 0 Å². The van der Waals surface area contributed by atoms with Gasteiger partial charge in [-0.15, -0.1) is 0 Å². The summed E-state index contributed by atoms with van der Waals surface area (Å²) in [7, 11) is 0. The summed E-state index contributed by atoms with van der Waals surface area (Å²) in [4.78, 5) is 14.0. The number of likely N-dealkylation sites (tertiary alicyclic amines) is 1. The van der Waals surface area contributed by atoms with Crippen LogP contribution >= 0.6 is 11.9 Å². The van der Waals surface area contributed by atoms with Crippen LogP contribution in [-0.4, -0.2) is 53.3 Å². The summed E-state index contributed by atoms with van der Waals surface area (Å²) in [5.41, 5.74) is -0.0435. The number of carbonyl (C=O) groups excluding carboxylic acids is 1. The van der Waals surface area contributed by atoms with Crippen LogP contribution in [0.4, 0.5) is 4.79 Å². The van der Waals surface area contributed by atoms with E-state index in [1.807, 2.05) is 37.6 Å². The quantitative estimate of drug-likeness (QED) is 0.694. The number of piperidine rings is 1. The summed E-state index contributed by atoms with van der Waals surface area (Å²) in [6.07, 6.45) is 5.53. The minimum atomic E-state index is -0.394. The van der Waals surface area contributed by atoms with Crippen molar-refractivity contribution in [3.05, 3.63) is 0 Å². The van der Waals surface area contributed by atoms with Crippen molar-refractivity contribution in [1.82, 2.24) is 9.21 Å². The molecule has 2 saturated heterocycles. The van der Waals surface area contributed by atoms with Crippen molar-refractivity contribution in [2.24, 2.45) is 5.41 Å². The van der Waals surface area contributed by atoms with Crippen molar-refractivity contribution in [2.75, 3.05) is 32.4 Å². The minimum Gasteiger partial charge on any atom is -0.444 e. The SMILES string of the molecule is CSN1CCC2(CC1)CCN(C(=O)OC(C)(C)C)C2. The molecule has 0 unspecified atom stereocenters. The first-order valence-electron chi connectivity index (χ1n) is 7.11. The Morgan fingerprint density at radius 3 is 2.26 bits per heavy atom. The number of nitrogens with zero attached hydrogens (tertiary/aromatic N) is 2. The third-order valence-corrected chi connectivity index (χ3v) is 5.01. The topological polar surface area (TPSA) is 32.8 Å². The van der Waals surface area contributed by atoms with E-state index in [1.165, 1.54) is 12.8 Å². The number of hydrogen-bond donors (Lipinski definition) is 0. The number of ether oxygens (including phenoxy) is 1. The highest BCUT2D eigenvalue weighted by Gasteiger charge is 2.42. The van der Waals surface area contributed by atoms with E-state index in [0.29, 0.717) is 5.41 Å². The molecule has 110 valence electrons. The van der Waals surface area contributed by atoms with Crippen LogP contribution in [0.1, 0.15) is 40.0 Å². The lowest BCUT2D eigenvalue weighted by Gasteiger charge is -2.38. The van der Waals surface area contributed by atoms with E-state index >= 15 is 0 Å². The van der Waals surface area contributed by atoms with Gasteiger partial charge in [0.25, 0.3) is 0 Å². The lowest BCUT2D eigenvalue weighted by Crippen LogP contribution is -2.41. The first kappa shape index (κ1) is 15.0. The van der Waals surface area contributed by atoms with Gasteiger partial charge in [-0.1, -0.05) is 11.9 Å². The highest BCUT2D eigenvalue weighted by molar-refractivity contribution is 7.96. The van der Waals surface area contributed by atoms with Gasteiger partial charge in [0.1, 0.15) is 5.60 Å². The molecule has 1 amide bonds.